The summed E-state index contributed by atoms with van der Waals surface area (Å²) >= 11 is 0. The molecule has 0 saturated heterocycles. The monoisotopic (exact) mass is 272 g/mol. The van der Waals surface area contributed by atoms with Crippen molar-refractivity contribution in [2.24, 2.45) is 16.8 Å². The highest BCUT2D eigenvalue weighted by atomic mass is 16.6. The van der Waals surface area contributed by atoms with E-state index in [9.17, 15) is 5.11 Å². The minimum Gasteiger partial charge on any atom is -0.392 e. The second-order valence-corrected chi connectivity index (χ2v) is 5.54. The van der Waals surface area contributed by atoms with E-state index in [4.69, 9.17) is 15.3 Å². The van der Waals surface area contributed by atoms with E-state index in [2.05, 4.69) is 5.16 Å². The summed E-state index contributed by atoms with van der Waals surface area (Å²) < 4.78 is 5.28. The molecule has 0 amide bonds. The first-order chi connectivity index (χ1) is 9.09. The first-order valence-corrected chi connectivity index (χ1v) is 7.34. The van der Waals surface area contributed by atoms with E-state index in [1.54, 1.807) is 0 Å². The summed E-state index contributed by atoms with van der Waals surface area (Å²) in [5.74, 6) is 0.908. The third kappa shape index (κ3) is 7.38. The molecular weight excluding hydrogens is 244 g/mol. The Labute approximate surface area is 116 Å². The van der Waals surface area contributed by atoms with Gasteiger partial charge in [0.2, 0.25) is 0 Å². The SMILES string of the molecule is CC(C)OCC(O)CON=C(N)C1CCCCCC1. The molecule has 5 heteroatoms. The smallest absolute Gasteiger partial charge is 0.145 e. The third-order valence-corrected chi connectivity index (χ3v) is 3.33. The van der Waals surface area contributed by atoms with Crippen LogP contribution < -0.4 is 5.73 Å². The quantitative estimate of drug-likeness (QED) is 0.322. The van der Waals surface area contributed by atoms with Gasteiger partial charge >= 0.3 is 0 Å². The fourth-order valence-corrected chi connectivity index (χ4v) is 2.20. The first-order valence-electron chi connectivity index (χ1n) is 7.34. The molecule has 0 aromatic carbocycles. The molecular formula is C14H28N2O3. The van der Waals surface area contributed by atoms with Gasteiger partial charge in [0.15, 0.2) is 0 Å². The number of oxime groups is 1. The molecule has 0 heterocycles. The number of hydrogen-bond donors (Lipinski definition) is 2. The lowest BCUT2D eigenvalue weighted by Gasteiger charge is -2.14. The largest absolute Gasteiger partial charge is 0.392 e. The van der Waals surface area contributed by atoms with Gasteiger partial charge in [0.25, 0.3) is 0 Å². The standard InChI is InChI=1S/C14H28N2O3/c1-11(2)18-9-13(17)10-19-16-14(15)12-7-5-3-4-6-8-12/h11-13,17H,3-10H2,1-2H3,(H2,15,16). The van der Waals surface area contributed by atoms with Crippen molar-refractivity contribution in [1.29, 1.82) is 0 Å². The maximum atomic E-state index is 9.61. The molecule has 112 valence electrons. The lowest BCUT2D eigenvalue weighted by molar-refractivity contribution is -0.0349. The van der Waals surface area contributed by atoms with E-state index in [-0.39, 0.29) is 19.3 Å². The van der Waals surface area contributed by atoms with Crippen molar-refractivity contribution < 1.29 is 14.7 Å². The zero-order valence-electron chi connectivity index (χ0n) is 12.2. The van der Waals surface area contributed by atoms with E-state index in [0.29, 0.717) is 11.8 Å². The summed E-state index contributed by atoms with van der Waals surface area (Å²) in [5, 5.41) is 13.5. The van der Waals surface area contributed by atoms with Crippen LogP contribution in [-0.2, 0) is 9.57 Å². The average molecular weight is 272 g/mol. The predicted molar refractivity (Wildman–Crippen MR) is 75.9 cm³/mol. The van der Waals surface area contributed by atoms with Crippen LogP contribution in [0.1, 0.15) is 52.4 Å². The number of nitrogens with zero attached hydrogens (tertiary/aromatic N) is 1. The Balaban J connectivity index is 2.22. The van der Waals surface area contributed by atoms with Gasteiger partial charge in [-0.1, -0.05) is 30.8 Å². The molecule has 0 spiro atoms. The average Bonchev–Trinajstić information content (AvgIpc) is 2.65. The molecule has 0 aromatic heterocycles. The van der Waals surface area contributed by atoms with E-state index < -0.39 is 6.10 Å². The minimum atomic E-state index is -0.659. The molecule has 1 saturated carbocycles. The van der Waals surface area contributed by atoms with Crippen LogP contribution in [0.2, 0.25) is 0 Å². The molecule has 0 radical (unpaired) electrons. The normalized spacial score (nSPS) is 20.3. The van der Waals surface area contributed by atoms with Gasteiger partial charge in [-0.3, -0.25) is 0 Å². The van der Waals surface area contributed by atoms with Crippen LogP contribution in [0.5, 0.6) is 0 Å². The second kappa shape index (κ2) is 9.15. The van der Waals surface area contributed by atoms with E-state index in [1.165, 1.54) is 25.7 Å². The highest BCUT2D eigenvalue weighted by Crippen LogP contribution is 2.22. The Kier molecular flexibility index (Phi) is 7.82. The van der Waals surface area contributed by atoms with Crippen LogP contribution >= 0.6 is 0 Å². The van der Waals surface area contributed by atoms with Crippen molar-refractivity contribution in [1.82, 2.24) is 0 Å². The molecule has 3 N–H and O–H groups in total. The summed E-state index contributed by atoms with van der Waals surface area (Å²) in [4.78, 5) is 5.12. The summed E-state index contributed by atoms with van der Waals surface area (Å²) in [7, 11) is 0. The molecule has 0 aliphatic heterocycles. The number of aliphatic hydroxyl groups is 1. The second-order valence-electron chi connectivity index (χ2n) is 5.54. The molecule has 1 atom stereocenters. The zero-order chi connectivity index (χ0) is 14.1. The highest BCUT2D eigenvalue weighted by Gasteiger charge is 2.16. The Morgan fingerprint density at radius 3 is 2.42 bits per heavy atom. The van der Waals surface area contributed by atoms with Gasteiger partial charge in [0, 0.05) is 5.92 Å². The summed E-state index contributed by atoms with van der Waals surface area (Å²) in [6.07, 6.45) is 6.64. The van der Waals surface area contributed by atoms with Crippen molar-refractivity contribution in [3.63, 3.8) is 0 Å². The number of rotatable bonds is 7. The molecule has 1 aliphatic carbocycles. The number of aliphatic hydroxyl groups excluding tert-OH is 1. The summed E-state index contributed by atoms with van der Waals surface area (Å²) in [6, 6.07) is 0. The summed E-state index contributed by atoms with van der Waals surface area (Å²) in [6.45, 7) is 4.24. The number of hydrogen-bond acceptors (Lipinski definition) is 4. The molecule has 0 aromatic rings. The Hall–Kier alpha value is -0.810. The van der Waals surface area contributed by atoms with Crippen LogP contribution in [0.3, 0.4) is 0 Å². The van der Waals surface area contributed by atoms with E-state index in [1.807, 2.05) is 13.8 Å². The fourth-order valence-electron chi connectivity index (χ4n) is 2.20. The highest BCUT2D eigenvalue weighted by molar-refractivity contribution is 5.82. The van der Waals surface area contributed by atoms with Crippen molar-refractivity contribution >= 4 is 5.84 Å². The molecule has 1 rings (SSSR count). The van der Waals surface area contributed by atoms with Crippen molar-refractivity contribution in [3.8, 4) is 0 Å². The predicted octanol–water partition coefficient (Wildman–Crippen LogP) is 2.03. The lowest BCUT2D eigenvalue weighted by atomic mass is 10.00. The first kappa shape index (κ1) is 16.2. The Bertz CT molecular complexity index is 261. The van der Waals surface area contributed by atoms with Crippen LogP contribution in [0.15, 0.2) is 5.16 Å². The van der Waals surface area contributed by atoms with Gasteiger partial charge in [-0.25, -0.2) is 0 Å². The molecule has 1 aliphatic rings. The molecule has 19 heavy (non-hydrogen) atoms. The van der Waals surface area contributed by atoms with Crippen molar-refractivity contribution in [3.05, 3.63) is 0 Å². The van der Waals surface area contributed by atoms with Gasteiger partial charge in [-0.05, 0) is 26.7 Å². The van der Waals surface area contributed by atoms with Crippen LogP contribution in [-0.4, -0.2) is 36.4 Å². The Morgan fingerprint density at radius 2 is 1.84 bits per heavy atom. The number of amidine groups is 1. The molecule has 5 nitrogen and oxygen atoms in total. The number of nitrogens with two attached hydrogens (primary N) is 1. The third-order valence-electron chi connectivity index (χ3n) is 3.33. The van der Waals surface area contributed by atoms with Gasteiger partial charge in [-0.15, -0.1) is 0 Å². The van der Waals surface area contributed by atoms with Gasteiger partial charge < -0.3 is 20.4 Å². The van der Waals surface area contributed by atoms with Gasteiger partial charge in [0.1, 0.15) is 18.5 Å². The van der Waals surface area contributed by atoms with E-state index in [0.717, 1.165) is 12.8 Å². The molecule has 1 fully saturated rings. The summed E-state index contributed by atoms with van der Waals surface area (Å²) in [5.41, 5.74) is 5.94. The van der Waals surface area contributed by atoms with Gasteiger partial charge in [0.05, 0.1) is 12.7 Å². The maximum Gasteiger partial charge on any atom is 0.145 e. The minimum absolute atomic E-state index is 0.106. The fraction of sp³-hybridized carbons (Fsp3) is 0.929. The topological polar surface area (TPSA) is 77.1 Å². The maximum absolute atomic E-state index is 9.61. The Morgan fingerprint density at radius 1 is 1.21 bits per heavy atom. The van der Waals surface area contributed by atoms with E-state index >= 15 is 0 Å². The van der Waals surface area contributed by atoms with Crippen LogP contribution in [0.25, 0.3) is 0 Å². The molecule has 0 bridgehead atoms. The van der Waals surface area contributed by atoms with Crippen LogP contribution in [0.4, 0.5) is 0 Å². The van der Waals surface area contributed by atoms with Gasteiger partial charge in [-0.2, -0.15) is 0 Å². The number of ether oxygens (including phenoxy) is 1. The van der Waals surface area contributed by atoms with Crippen molar-refractivity contribution in [2.45, 2.75) is 64.6 Å². The van der Waals surface area contributed by atoms with Crippen LogP contribution in [0, 0.1) is 5.92 Å². The lowest BCUT2D eigenvalue weighted by Crippen LogP contribution is -2.26. The molecule has 1 unspecified atom stereocenters. The van der Waals surface area contributed by atoms with Crippen molar-refractivity contribution in [2.75, 3.05) is 13.2 Å². The zero-order valence-corrected chi connectivity index (χ0v) is 12.2.